The second-order valence-corrected chi connectivity index (χ2v) is 16.5. The van der Waals surface area contributed by atoms with Crippen molar-refractivity contribution in [1.29, 1.82) is 0 Å². The average molecular weight is 781 g/mol. The number of piperazine rings is 1. The second-order valence-electron chi connectivity index (χ2n) is 13.4. The van der Waals surface area contributed by atoms with Crippen molar-refractivity contribution in [1.82, 2.24) is 9.29 Å². The molecule has 1 aliphatic heterocycles. The highest BCUT2D eigenvalue weighted by atomic mass is 35.5. The summed E-state index contributed by atoms with van der Waals surface area (Å²) in [4.78, 5) is 16.8. The number of anilines is 3. The predicted molar refractivity (Wildman–Crippen MR) is 221 cm³/mol. The van der Waals surface area contributed by atoms with Crippen molar-refractivity contribution in [3.63, 3.8) is 0 Å². The number of rotatable bonds is 11. The molecule has 1 fully saturated rings. The van der Waals surface area contributed by atoms with Gasteiger partial charge in [-0.25, -0.2) is 13.1 Å². The van der Waals surface area contributed by atoms with Crippen molar-refractivity contribution in [2.75, 3.05) is 40.7 Å². The predicted octanol–water partition coefficient (Wildman–Crippen LogP) is 8.81. The lowest BCUT2D eigenvalue weighted by molar-refractivity contribution is -0.430. The van der Waals surface area contributed by atoms with E-state index in [1.54, 1.807) is 12.1 Å². The molecule has 1 saturated heterocycles. The van der Waals surface area contributed by atoms with Crippen molar-refractivity contribution >= 4 is 50.6 Å². The Hall–Kier alpha value is -5.01. The Morgan fingerprint density at radius 1 is 0.833 bits per heavy atom. The molecule has 0 saturated carbocycles. The minimum Gasteiger partial charge on any atom is -0.368 e. The van der Waals surface area contributed by atoms with Crippen LogP contribution in [0.1, 0.15) is 17.7 Å². The van der Waals surface area contributed by atoms with Crippen molar-refractivity contribution in [3.05, 3.63) is 152 Å². The largest absolute Gasteiger partial charge is 0.368 e. The summed E-state index contributed by atoms with van der Waals surface area (Å²) < 4.78 is 34.6. The first-order chi connectivity index (χ1) is 26.0. The summed E-state index contributed by atoms with van der Waals surface area (Å²) in [6, 6.07) is 32.8. The molecule has 2 heterocycles. The van der Waals surface area contributed by atoms with Gasteiger partial charge in [-0.05, 0) is 104 Å². The number of allylic oxidation sites excluding steroid dienone is 1. The number of sulfonamides is 1. The maximum Gasteiger partial charge on any atom is 0.265 e. The lowest BCUT2D eigenvalue weighted by atomic mass is 9.97. The molecule has 2 aliphatic rings. The van der Waals surface area contributed by atoms with E-state index in [1.165, 1.54) is 40.5 Å². The molecule has 0 bridgehead atoms. The summed E-state index contributed by atoms with van der Waals surface area (Å²) in [6.07, 6.45) is 2.81. The van der Waals surface area contributed by atoms with E-state index in [0.717, 1.165) is 59.7 Å². The molecule has 0 radical (unpaired) electrons. The molecule has 1 aliphatic carbocycles. The van der Waals surface area contributed by atoms with Crippen LogP contribution in [0.25, 0.3) is 22.4 Å². The Bertz CT molecular complexity index is 2350. The topological polar surface area (TPSA) is 113 Å². The van der Waals surface area contributed by atoms with Gasteiger partial charge in [-0.2, -0.15) is 0 Å². The fourth-order valence-corrected chi connectivity index (χ4v) is 9.21. The van der Waals surface area contributed by atoms with E-state index < -0.39 is 21.0 Å². The van der Waals surface area contributed by atoms with Gasteiger partial charge in [0, 0.05) is 83.1 Å². The van der Waals surface area contributed by atoms with Gasteiger partial charge in [-0.3, -0.25) is 14.8 Å². The molecular weight excluding hydrogens is 740 g/mol. The molecule has 0 spiro atoms. The molecule has 5 aromatic rings. The Morgan fingerprint density at radius 3 is 2.19 bits per heavy atom. The van der Waals surface area contributed by atoms with Gasteiger partial charge in [0.1, 0.15) is 6.04 Å². The third kappa shape index (κ3) is 7.92. The number of nitro groups is 1. The van der Waals surface area contributed by atoms with Gasteiger partial charge in [0.2, 0.25) is 0 Å². The van der Waals surface area contributed by atoms with Gasteiger partial charge < -0.3 is 14.4 Å². The molecule has 278 valence electrons. The van der Waals surface area contributed by atoms with Crippen molar-refractivity contribution in [3.8, 4) is 22.4 Å². The summed E-state index contributed by atoms with van der Waals surface area (Å²) in [5, 5.41) is 12.6. The van der Waals surface area contributed by atoms with Gasteiger partial charge in [-0.1, -0.05) is 60.1 Å². The smallest absolute Gasteiger partial charge is 0.265 e. The zero-order valence-corrected chi connectivity index (χ0v) is 32.6. The lowest BCUT2D eigenvalue weighted by Crippen LogP contribution is -2.46. The number of nitrogens with zero attached hydrogens (tertiary/aromatic N) is 4. The summed E-state index contributed by atoms with van der Waals surface area (Å²) in [7, 11) is -1.95. The third-order valence-corrected chi connectivity index (χ3v) is 12.7. The van der Waals surface area contributed by atoms with E-state index in [2.05, 4.69) is 75.0 Å². The highest BCUT2D eigenvalue weighted by molar-refractivity contribution is 7.97. The van der Waals surface area contributed by atoms with Crippen molar-refractivity contribution < 1.29 is 13.3 Å². The van der Waals surface area contributed by atoms with Crippen LogP contribution < -0.4 is 19.2 Å². The van der Waals surface area contributed by atoms with Gasteiger partial charge in [0.15, 0.2) is 0 Å². The number of halogens is 1. The van der Waals surface area contributed by atoms with Crippen LogP contribution in [-0.2, 0) is 17.1 Å². The summed E-state index contributed by atoms with van der Waals surface area (Å²) in [6.45, 7) is 7.57. The standard InChI is InChI=1S/C41H41ClN6O4S2/c1-28-29(2)45(3)41(31-10-7-11-32(42)25-31)40(28)30-9-8-12-35(26-30)47-23-21-46(22-24-47)34-17-15-33(16-18-34)44-54(51,52)37-19-20-38(39(27-37)48(49)50)43-53-36-13-5-4-6-14-36/h4-19,25-27,38,43-44H,20-24H2,1-3H3. The fourth-order valence-electron chi connectivity index (χ4n) is 7.07. The summed E-state index contributed by atoms with van der Waals surface area (Å²) >= 11 is 7.68. The molecule has 13 heteroatoms. The van der Waals surface area contributed by atoms with Crippen LogP contribution in [0.15, 0.2) is 131 Å². The second kappa shape index (κ2) is 15.8. The first-order valence-corrected chi connectivity index (χ1v) is 20.3. The van der Waals surface area contributed by atoms with Crippen LogP contribution in [-0.4, -0.2) is 50.1 Å². The lowest BCUT2D eigenvalue weighted by Gasteiger charge is -2.37. The molecule has 1 aromatic heterocycles. The van der Waals surface area contributed by atoms with E-state index in [0.29, 0.717) is 10.7 Å². The molecule has 0 amide bonds. The minimum absolute atomic E-state index is 0.125. The Kier molecular flexibility index (Phi) is 10.9. The van der Waals surface area contributed by atoms with E-state index in [4.69, 9.17) is 11.6 Å². The fraction of sp³-hybridized carbons (Fsp3) is 0.220. The molecule has 2 N–H and O–H groups in total. The number of benzene rings is 4. The van der Waals surface area contributed by atoms with Gasteiger partial charge >= 0.3 is 0 Å². The Balaban J connectivity index is 0.991. The Labute approximate surface area is 325 Å². The van der Waals surface area contributed by atoms with Crippen LogP contribution in [0.3, 0.4) is 0 Å². The minimum atomic E-state index is -4.05. The monoisotopic (exact) mass is 780 g/mol. The highest BCUT2D eigenvalue weighted by Crippen LogP contribution is 2.40. The molecule has 10 nitrogen and oxygen atoms in total. The number of aromatic nitrogens is 1. The zero-order valence-electron chi connectivity index (χ0n) is 30.2. The summed E-state index contributed by atoms with van der Waals surface area (Å²) in [5.41, 5.74) is 9.40. The third-order valence-electron chi connectivity index (χ3n) is 10.1. The van der Waals surface area contributed by atoms with Gasteiger partial charge in [0.25, 0.3) is 15.7 Å². The van der Waals surface area contributed by atoms with Gasteiger partial charge in [-0.15, -0.1) is 0 Å². The molecule has 7 rings (SSSR count). The highest BCUT2D eigenvalue weighted by Gasteiger charge is 2.32. The Morgan fingerprint density at radius 2 is 1.50 bits per heavy atom. The van der Waals surface area contributed by atoms with E-state index in [1.807, 2.05) is 60.7 Å². The number of hydrogen-bond acceptors (Lipinski definition) is 8. The van der Waals surface area contributed by atoms with Crippen LogP contribution in [0.2, 0.25) is 5.02 Å². The van der Waals surface area contributed by atoms with Crippen LogP contribution in [0, 0.1) is 24.0 Å². The van der Waals surface area contributed by atoms with Gasteiger partial charge in [0.05, 0.1) is 15.5 Å². The molecule has 1 atom stereocenters. The molecule has 4 aromatic carbocycles. The molecule has 54 heavy (non-hydrogen) atoms. The van der Waals surface area contributed by atoms with Crippen LogP contribution >= 0.6 is 23.5 Å². The van der Waals surface area contributed by atoms with E-state index in [-0.39, 0.29) is 17.0 Å². The summed E-state index contributed by atoms with van der Waals surface area (Å²) in [5.74, 6) is 0. The quantitative estimate of drug-likeness (QED) is 0.0778. The normalized spacial score (nSPS) is 16.2. The van der Waals surface area contributed by atoms with E-state index in [9.17, 15) is 18.5 Å². The SMILES string of the molecule is Cc1c(-c2cccc(N3CCN(c4ccc(NS(=O)(=O)C5=CCC(NSc6ccccc6)C([N+](=O)[O-])=C5)cc4)CC3)c2)c(-c2cccc(Cl)c2)n(C)c1C. The van der Waals surface area contributed by atoms with Crippen molar-refractivity contribution in [2.24, 2.45) is 7.05 Å². The molecule has 1 unspecified atom stereocenters. The average Bonchev–Trinajstić information content (AvgIpc) is 3.41. The van der Waals surface area contributed by atoms with Crippen LogP contribution in [0.5, 0.6) is 0 Å². The maximum absolute atomic E-state index is 13.3. The maximum atomic E-state index is 13.3. The van der Waals surface area contributed by atoms with Crippen LogP contribution in [0.4, 0.5) is 17.1 Å². The first kappa shape index (κ1) is 37.3. The first-order valence-electron chi connectivity index (χ1n) is 17.7. The molecular formula is C41H41ClN6O4S2. The number of nitrogens with one attached hydrogen (secondary N) is 2. The van der Waals surface area contributed by atoms with Crippen molar-refractivity contribution in [2.45, 2.75) is 31.2 Å². The number of hydrogen-bond donors (Lipinski definition) is 2. The van der Waals surface area contributed by atoms with E-state index >= 15 is 0 Å². The zero-order chi connectivity index (χ0) is 38.0.